The number of nitrogens with zero attached hydrogens (tertiary/aromatic N) is 1. The molecule has 0 aliphatic carbocycles. The molecular formula is C12H20N2O3S. The maximum absolute atomic E-state index is 12.2. The number of benzene rings is 1. The zero-order valence-corrected chi connectivity index (χ0v) is 11.8. The Morgan fingerprint density at radius 1 is 1.33 bits per heavy atom. The van der Waals surface area contributed by atoms with Crippen molar-refractivity contribution in [1.29, 1.82) is 0 Å². The van der Waals surface area contributed by atoms with E-state index in [9.17, 15) is 8.42 Å². The SMILES string of the molecule is CCOCCN(C)S(=O)(=O)c1cc(C)cc(N)c1. The number of sulfonamides is 1. The lowest BCUT2D eigenvalue weighted by Gasteiger charge is -2.17. The Morgan fingerprint density at radius 3 is 2.56 bits per heavy atom. The van der Waals surface area contributed by atoms with Crippen molar-refractivity contribution in [2.75, 3.05) is 32.5 Å². The Hall–Kier alpha value is -1.11. The van der Waals surface area contributed by atoms with Gasteiger partial charge >= 0.3 is 0 Å². The first kappa shape index (κ1) is 14.9. The Labute approximate surface area is 109 Å². The molecule has 0 heterocycles. The van der Waals surface area contributed by atoms with Gasteiger partial charge in [0.15, 0.2) is 0 Å². The van der Waals surface area contributed by atoms with Gasteiger partial charge in [0.25, 0.3) is 0 Å². The van der Waals surface area contributed by atoms with E-state index < -0.39 is 10.0 Å². The third-order valence-electron chi connectivity index (χ3n) is 2.54. The lowest BCUT2D eigenvalue weighted by molar-refractivity contribution is 0.138. The van der Waals surface area contributed by atoms with Crippen LogP contribution in [0.1, 0.15) is 12.5 Å². The molecule has 18 heavy (non-hydrogen) atoms. The maximum atomic E-state index is 12.2. The van der Waals surface area contributed by atoms with Crippen LogP contribution in [0.15, 0.2) is 23.1 Å². The molecule has 1 aromatic rings. The van der Waals surface area contributed by atoms with Crippen molar-refractivity contribution in [3.05, 3.63) is 23.8 Å². The predicted octanol–water partition coefficient (Wildman–Crippen LogP) is 1.23. The van der Waals surface area contributed by atoms with Crippen molar-refractivity contribution >= 4 is 15.7 Å². The fourth-order valence-corrected chi connectivity index (χ4v) is 2.86. The van der Waals surface area contributed by atoms with Gasteiger partial charge in [-0.3, -0.25) is 0 Å². The topological polar surface area (TPSA) is 72.6 Å². The van der Waals surface area contributed by atoms with E-state index in [1.807, 2.05) is 13.8 Å². The van der Waals surface area contributed by atoms with Crippen LogP contribution in [0.4, 0.5) is 5.69 Å². The summed E-state index contributed by atoms with van der Waals surface area (Å²) in [6.45, 7) is 4.97. The minimum Gasteiger partial charge on any atom is -0.399 e. The van der Waals surface area contributed by atoms with E-state index in [4.69, 9.17) is 10.5 Å². The first-order chi connectivity index (χ1) is 8.37. The third kappa shape index (κ3) is 3.69. The number of ether oxygens (including phenoxy) is 1. The molecule has 0 atom stereocenters. The smallest absolute Gasteiger partial charge is 0.242 e. The summed E-state index contributed by atoms with van der Waals surface area (Å²) in [5, 5.41) is 0. The summed E-state index contributed by atoms with van der Waals surface area (Å²) in [5.74, 6) is 0. The summed E-state index contributed by atoms with van der Waals surface area (Å²) < 4.78 is 30.9. The van der Waals surface area contributed by atoms with Gasteiger partial charge in [-0.25, -0.2) is 8.42 Å². The van der Waals surface area contributed by atoms with Crippen LogP contribution in [-0.2, 0) is 14.8 Å². The minimum atomic E-state index is -3.49. The molecule has 0 radical (unpaired) electrons. The highest BCUT2D eigenvalue weighted by atomic mass is 32.2. The number of nitrogens with two attached hydrogens (primary N) is 1. The van der Waals surface area contributed by atoms with Crippen LogP contribution in [0.5, 0.6) is 0 Å². The van der Waals surface area contributed by atoms with E-state index >= 15 is 0 Å². The molecule has 0 aromatic heterocycles. The van der Waals surface area contributed by atoms with Crippen LogP contribution in [0.3, 0.4) is 0 Å². The average molecular weight is 272 g/mol. The van der Waals surface area contributed by atoms with Crippen LogP contribution in [-0.4, -0.2) is 39.5 Å². The quantitative estimate of drug-likeness (QED) is 0.624. The van der Waals surface area contributed by atoms with Crippen LogP contribution < -0.4 is 5.73 Å². The molecule has 0 aliphatic heterocycles. The molecule has 0 saturated carbocycles. The first-order valence-corrected chi connectivity index (χ1v) is 7.23. The Kier molecular flexibility index (Phi) is 5.13. The highest BCUT2D eigenvalue weighted by Gasteiger charge is 2.20. The standard InChI is InChI=1S/C12H20N2O3S/c1-4-17-6-5-14(3)18(15,16)12-8-10(2)7-11(13)9-12/h7-9H,4-6,13H2,1-3H3. The van der Waals surface area contributed by atoms with Gasteiger partial charge in [-0.05, 0) is 37.6 Å². The lowest BCUT2D eigenvalue weighted by atomic mass is 10.2. The summed E-state index contributed by atoms with van der Waals surface area (Å²) in [6.07, 6.45) is 0. The van der Waals surface area contributed by atoms with Crippen molar-refractivity contribution in [2.45, 2.75) is 18.7 Å². The first-order valence-electron chi connectivity index (χ1n) is 5.79. The molecule has 0 spiro atoms. The number of rotatable bonds is 6. The summed E-state index contributed by atoms with van der Waals surface area (Å²) in [7, 11) is -1.96. The molecule has 0 aliphatic rings. The second-order valence-electron chi connectivity index (χ2n) is 4.10. The number of anilines is 1. The van der Waals surface area contributed by atoms with Crippen molar-refractivity contribution in [3.8, 4) is 0 Å². The van der Waals surface area contributed by atoms with Gasteiger partial charge in [0.1, 0.15) is 0 Å². The molecule has 6 heteroatoms. The van der Waals surface area contributed by atoms with E-state index in [2.05, 4.69) is 0 Å². The molecular weight excluding hydrogens is 252 g/mol. The van der Waals surface area contributed by atoms with Gasteiger partial charge in [-0.1, -0.05) is 0 Å². The van der Waals surface area contributed by atoms with Crippen LogP contribution in [0.2, 0.25) is 0 Å². The number of hydrogen-bond acceptors (Lipinski definition) is 4. The fourth-order valence-electron chi connectivity index (χ4n) is 1.56. The van der Waals surface area contributed by atoms with Crippen molar-refractivity contribution < 1.29 is 13.2 Å². The van der Waals surface area contributed by atoms with Crippen LogP contribution in [0, 0.1) is 6.92 Å². The van der Waals surface area contributed by atoms with E-state index in [1.165, 1.54) is 17.4 Å². The molecule has 0 saturated heterocycles. The average Bonchev–Trinajstić information content (AvgIpc) is 2.27. The Bertz CT molecular complexity index is 480. The van der Waals surface area contributed by atoms with Gasteiger partial charge in [-0.2, -0.15) is 4.31 Å². The zero-order valence-electron chi connectivity index (χ0n) is 11.0. The molecule has 0 unspecified atom stereocenters. The predicted molar refractivity (Wildman–Crippen MR) is 71.9 cm³/mol. The monoisotopic (exact) mass is 272 g/mol. The number of likely N-dealkylation sites (N-methyl/N-ethyl adjacent to an activating group) is 1. The zero-order chi connectivity index (χ0) is 13.8. The molecule has 0 fully saturated rings. The van der Waals surface area contributed by atoms with Gasteiger partial charge in [-0.15, -0.1) is 0 Å². The molecule has 2 N–H and O–H groups in total. The number of aryl methyl sites for hydroxylation is 1. The molecule has 0 bridgehead atoms. The normalized spacial score (nSPS) is 12.0. The molecule has 1 rings (SSSR count). The summed E-state index contributed by atoms with van der Waals surface area (Å²) in [5.41, 5.74) is 6.95. The van der Waals surface area contributed by atoms with Crippen LogP contribution >= 0.6 is 0 Å². The van der Waals surface area contributed by atoms with Gasteiger partial charge in [0, 0.05) is 25.9 Å². The highest BCUT2D eigenvalue weighted by molar-refractivity contribution is 7.89. The third-order valence-corrected chi connectivity index (χ3v) is 4.37. The van der Waals surface area contributed by atoms with Crippen LogP contribution in [0.25, 0.3) is 0 Å². The van der Waals surface area contributed by atoms with Crippen molar-refractivity contribution in [2.24, 2.45) is 0 Å². The summed E-state index contributed by atoms with van der Waals surface area (Å²) in [6, 6.07) is 4.82. The van der Waals surface area contributed by atoms with Gasteiger partial charge in [0.05, 0.1) is 11.5 Å². The molecule has 1 aromatic carbocycles. The largest absolute Gasteiger partial charge is 0.399 e. The van der Waals surface area contributed by atoms with E-state index in [0.717, 1.165) is 5.56 Å². The van der Waals surface area contributed by atoms with Gasteiger partial charge in [0.2, 0.25) is 10.0 Å². The maximum Gasteiger partial charge on any atom is 0.242 e. The van der Waals surface area contributed by atoms with E-state index in [0.29, 0.717) is 25.4 Å². The fraction of sp³-hybridized carbons (Fsp3) is 0.500. The molecule has 102 valence electrons. The second-order valence-corrected chi connectivity index (χ2v) is 6.15. The molecule has 5 nitrogen and oxygen atoms in total. The number of nitrogen functional groups attached to an aromatic ring is 1. The Balaban J connectivity index is 2.91. The second kappa shape index (κ2) is 6.17. The van der Waals surface area contributed by atoms with Crippen molar-refractivity contribution in [3.63, 3.8) is 0 Å². The summed E-state index contributed by atoms with van der Waals surface area (Å²) in [4.78, 5) is 0.221. The van der Waals surface area contributed by atoms with Crippen molar-refractivity contribution in [1.82, 2.24) is 4.31 Å². The van der Waals surface area contributed by atoms with E-state index in [1.54, 1.807) is 12.1 Å². The summed E-state index contributed by atoms with van der Waals surface area (Å²) >= 11 is 0. The number of hydrogen-bond donors (Lipinski definition) is 1. The molecule has 0 amide bonds. The minimum absolute atomic E-state index is 0.221. The lowest BCUT2D eigenvalue weighted by Crippen LogP contribution is -2.30. The van der Waals surface area contributed by atoms with E-state index in [-0.39, 0.29) is 4.90 Å². The van der Waals surface area contributed by atoms with Gasteiger partial charge < -0.3 is 10.5 Å². The highest BCUT2D eigenvalue weighted by Crippen LogP contribution is 2.19. The Morgan fingerprint density at radius 2 is 2.00 bits per heavy atom.